The van der Waals surface area contributed by atoms with E-state index in [1.807, 2.05) is 54.6 Å². The average Bonchev–Trinajstić information content (AvgIpc) is 3.40. The number of carbonyl (C=O) groups excluding carboxylic acids is 1. The van der Waals surface area contributed by atoms with Crippen molar-refractivity contribution >= 4 is 12.1 Å². The van der Waals surface area contributed by atoms with Gasteiger partial charge in [0.25, 0.3) is 0 Å². The molecule has 2 aromatic carbocycles. The first kappa shape index (κ1) is 16.1. The fourth-order valence-electron chi connectivity index (χ4n) is 2.67. The van der Waals surface area contributed by atoms with E-state index in [1.165, 1.54) is 0 Å². The number of carbonyl (C=O) groups is 2. The molecule has 5 heteroatoms. The number of nitrogens with one attached hydrogen (secondary N) is 1. The largest absolute Gasteiger partial charge is 0.481 e. The number of ether oxygens (including phenoxy) is 1. The molecule has 1 aliphatic carbocycles. The van der Waals surface area contributed by atoms with Crippen LogP contribution in [0.1, 0.15) is 29.0 Å². The van der Waals surface area contributed by atoms with Gasteiger partial charge in [0.1, 0.15) is 6.61 Å². The van der Waals surface area contributed by atoms with E-state index >= 15 is 0 Å². The Balaban J connectivity index is 1.43. The summed E-state index contributed by atoms with van der Waals surface area (Å²) in [7, 11) is 0. The molecule has 5 nitrogen and oxygen atoms in total. The Morgan fingerprint density at radius 1 is 1.04 bits per heavy atom. The molecular weight excluding hydrogens is 306 g/mol. The fraction of sp³-hybridized carbons (Fsp3) is 0.263. The molecule has 0 aromatic heterocycles. The Morgan fingerprint density at radius 2 is 1.75 bits per heavy atom. The molecule has 2 aromatic rings. The van der Waals surface area contributed by atoms with Gasteiger partial charge in [-0.05, 0) is 29.0 Å². The summed E-state index contributed by atoms with van der Waals surface area (Å²) in [5.74, 6) is -0.853. The van der Waals surface area contributed by atoms with Crippen molar-refractivity contribution in [3.63, 3.8) is 0 Å². The van der Waals surface area contributed by atoms with Crippen LogP contribution in [-0.4, -0.2) is 17.2 Å². The SMILES string of the molecule is O=C(NCc1ccc([C@@H]2C[C@H]2C(=O)O)cc1)OCc1ccccc1. The van der Waals surface area contributed by atoms with E-state index in [1.54, 1.807) is 0 Å². The summed E-state index contributed by atoms with van der Waals surface area (Å²) in [6.07, 6.45) is 0.245. The van der Waals surface area contributed by atoms with Crippen LogP contribution < -0.4 is 5.32 Å². The van der Waals surface area contributed by atoms with Gasteiger partial charge in [0.2, 0.25) is 0 Å². The summed E-state index contributed by atoms with van der Waals surface area (Å²) >= 11 is 0. The molecule has 0 heterocycles. The van der Waals surface area contributed by atoms with E-state index in [2.05, 4.69) is 5.32 Å². The van der Waals surface area contributed by atoms with Crippen molar-refractivity contribution in [2.24, 2.45) is 5.92 Å². The maximum atomic E-state index is 11.7. The molecule has 1 saturated carbocycles. The molecule has 24 heavy (non-hydrogen) atoms. The number of aliphatic carboxylic acids is 1. The highest BCUT2D eigenvalue weighted by molar-refractivity contribution is 5.75. The van der Waals surface area contributed by atoms with Crippen LogP contribution in [0.4, 0.5) is 4.79 Å². The number of benzene rings is 2. The van der Waals surface area contributed by atoms with Crippen molar-refractivity contribution in [2.45, 2.75) is 25.5 Å². The minimum Gasteiger partial charge on any atom is -0.481 e. The Labute approximate surface area is 140 Å². The molecule has 2 N–H and O–H groups in total. The van der Waals surface area contributed by atoms with E-state index in [0.717, 1.165) is 16.7 Å². The number of rotatable bonds is 6. The predicted molar refractivity (Wildman–Crippen MR) is 88.4 cm³/mol. The highest BCUT2D eigenvalue weighted by atomic mass is 16.5. The molecule has 0 spiro atoms. The number of amides is 1. The van der Waals surface area contributed by atoms with Crippen LogP contribution in [0.25, 0.3) is 0 Å². The smallest absolute Gasteiger partial charge is 0.407 e. The molecule has 124 valence electrons. The molecule has 0 saturated heterocycles. The Bertz CT molecular complexity index is 712. The normalized spacial score (nSPS) is 18.7. The average molecular weight is 325 g/mol. The molecule has 3 rings (SSSR count). The maximum absolute atomic E-state index is 11.7. The number of hydrogen-bond donors (Lipinski definition) is 2. The van der Waals surface area contributed by atoms with Gasteiger partial charge in [-0.3, -0.25) is 4.79 Å². The predicted octanol–water partition coefficient (Wildman–Crippen LogP) is 3.30. The second kappa shape index (κ2) is 7.17. The topological polar surface area (TPSA) is 75.6 Å². The van der Waals surface area contributed by atoms with Crippen LogP contribution in [0.2, 0.25) is 0 Å². The minimum absolute atomic E-state index is 0.125. The van der Waals surface area contributed by atoms with Crippen molar-refractivity contribution < 1.29 is 19.4 Å². The van der Waals surface area contributed by atoms with Crippen molar-refractivity contribution in [3.8, 4) is 0 Å². The van der Waals surface area contributed by atoms with E-state index in [-0.39, 0.29) is 18.4 Å². The third kappa shape index (κ3) is 4.13. The number of carboxylic acids is 1. The first-order valence-corrected chi connectivity index (χ1v) is 7.89. The van der Waals surface area contributed by atoms with Gasteiger partial charge >= 0.3 is 12.1 Å². The van der Waals surface area contributed by atoms with E-state index in [9.17, 15) is 9.59 Å². The number of alkyl carbamates (subject to hydrolysis) is 1. The Kier molecular flexibility index (Phi) is 4.79. The van der Waals surface area contributed by atoms with E-state index in [0.29, 0.717) is 13.0 Å². The Hall–Kier alpha value is -2.82. The van der Waals surface area contributed by atoms with Crippen LogP contribution in [0.5, 0.6) is 0 Å². The van der Waals surface area contributed by atoms with Gasteiger partial charge in [-0.25, -0.2) is 4.79 Å². The molecule has 2 atom stereocenters. The van der Waals surface area contributed by atoms with Gasteiger partial charge in [-0.2, -0.15) is 0 Å². The lowest BCUT2D eigenvalue weighted by Gasteiger charge is -2.08. The standard InChI is InChI=1S/C19H19NO4/c21-18(22)17-10-16(17)15-8-6-13(7-9-15)11-20-19(23)24-12-14-4-2-1-3-5-14/h1-9,16-17H,10-12H2,(H,20,23)(H,21,22)/t16-,17+/m0/s1. The van der Waals surface area contributed by atoms with Crippen LogP contribution in [-0.2, 0) is 22.7 Å². The van der Waals surface area contributed by atoms with Crippen LogP contribution in [0.3, 0.4) is 0 Å². The zero-order chi connectivity index (χ0) is 16.9. The Morgan fingerprint density at radius 3 is 2.38 bits per heavy atom. The van der Waals surface area contributed by atoms with Gasteiger partial charge in [0.05, 0.1) is 5.92 Å². The van der Waals surface area contributed by atoms with Crippen LogP contribution >= 0.6 is 0 Å². The molecule has 0 aliphatic heterocycles. The summed E-state index contributed by atoms with van der Waals surface area (Å²) in [6, 6.07) is 17.2. The zero-order valence-electron chi connectivity index (χ0n) is 13.1. The summed E-state index contributed by atoms with van der Waals surface area (Å²) in [5, 5.41) is 11.7. The summed E-state index contributed by atoms with van der Waals surface area (Å²) in [4.78, 5) is 22.6. The van der Waals surface area contributed by atoms with Gasteiger partial charge in [-0.15, -0.1) is 0 Å². The molecule has 1 aliphatic rings. The van der Waals surface area contributed by atoms with Gasteiger partial charge < -0.3 is 15.2 Å². The zero-order valence-corrected chi connectivity index (χ0v) is 13.1. The van der Waals surface area contributed by atoms with Crippen molar-refractivity contribution in [1.82, 2.24) is 5.32 Å². The first-order valence-electron chi connectivity index (χ1n) is 7.89. The molecule has 1 fully saturated rings. The third-order valence-electron chi connectivity index (χ3n) is 4.17. The quantitative estimate of drug-likeness (QED) is 0.854. The highest BCUT2D eigenvalue weighted by Gasteiger charge is 2.43. The lowest BCUT2D eigenvalue weighted by atomic mass is 10.1. The fourth-order valence-corrected chi connectivity index (χ4v) is 2.67. The second-order valence-corrected chi connectivity index (χ2v) is 5.94. The third-order valence-corrected chi connectivity index (χ3v) is 4.17. The van der Waals surface area contributed by atoms with Gasteiger partial charge in [-0.1, -0.05) is 54.6 Å². The van der Waals surface area contributed by atoms with E-state index in [4.69, 9.17) is 9.84 Å². The molecule has 0 radical (unpaired) electrons. The van der Waals surface area contributed by atoms with Gasteiger partial charge in [0.15, 0.2) is 0 Å². The maximum Gasteiger partial charge on any atom is 0.407 e. The van der Waals surface area contributed by atoms with Crippen LogP contribution in [0, 0.1) is 5.92 Å². The van der Waals surface area contributed by atoms with Crippen molar-refractivity contribution in [3.05, 3.63) is 71.3 Å². The number of carboxylic acid groups (broad SMARTS) is 1. The highest BCUT2D eigenvalue weighted by Crippen LogP contribution is 2.47. The first-order chi connectivity index (χ1) is 11.6. The summed E-state index contributed by atoms with van der Waals surface area (Å²) in [6.45, 7) is 0.616. The second-order valence-electron chi connectivity index (χ2n) is 5.94. The summed E-state index contributed by atoms with van der Waals surface area (Å²) in [5.41, 5.74) is 2.93. The molecule has 0 bridgehead atoms. The van der Waals surface area contributed by atoms with Crippen molar-refractivity contribution in [1.29, 1.82) is 0 Å². The lowest BCUT2D eigenvalue weighted by Crippen LogP contribution is -2.23. The molecule has 0 unspecified atom stereocenters. The lowest BCUT2D eigenvalue weighted by molar-refractivity contribution is -0.138. The number of hydrogen-bond acceptors (Lipinski definition) is 3. The molecular formula is C19H19NO4. The van der Waals surface area contributed by atoms with Gasteiger partial charge in [0, 0.05) is 6.54 Å². The monoisotopic (exact) mass is 325 g/mol. The molecule has 1 amide bonds. The minimum atomic E-state index is -0.730. The van der Waals surface area contributed by atoms with Crippen LogP contribution in [0.15, 0.2) is 54.6 Å². The van der Waals surface area contributed by atoms with Crippen molar-refractivity contribution in [2.75, 3.05) is 0 Å². The van der Waals surface area contributed by atoms with E-state index < -0.39 is 12.1 Å². The summed E-state index contributed by atoms with van der Waals surface area (Å²) < 4.78 is 5.15.